The second-order valence-electron chi connectivity index (χ2n) is 4.50. The van der Waals surface area contributed by atoms with Crippen molar-refractivity contribution in [1.82, 2.24) is 10.6 Å². The molecule has 1 aromatic rings. The molecule has 0 atom stereocenters. The summed E-state index contributed by atoms with van der Waals surface area (Å²) in [6.45, 7) is 1.91. The Morgan fingerprint density at radius 3 is 2.64 bits per heavy atom. The van der Waals surface area contributed by atoms with Crippen molar-refractivity contribution >= 4 is 39.8 Å². The van der Waals surface area contributed by atoms with E-state index in [1.807, 2.05) is 12.1 Å². The normalized spacial score (nSPS) is 11.8. The number of rotatable bonds is 9. The molecular formula is C13H24IN3O4S. The Kier molecular flexibility index (Phi) is 11.3. The van der Waals surface area contributed by atoms with Gasteiger partial charge in [-0.05, 0) is 12.1 Å². The molecule has 7 nitrogen and oxygen atoms in total. The smallest absolute Gasteiger partial charge is 0.191 e. The van der Waals surface area contributed by atoms with Crippen LogP contribution in [0.1, 0.15) is 5.76 Å². The summed E-state index contributed by atoms with van der Waals surface area (Å²) in [7, 11) is -1.27. The molecule has 0 amide bonds. The highest BCUT2D eigenvalue weighted by Crippen LogP contribution is 1.99. The maximum absolute atomic E-state index is 10.9. The third-order valence-electron chi connectivity index (χ3n) is 2.60. The predicted octanol–water partition coefficient (Wildman–Crippen LogP) is 0.666. The quantitative estimate of drug-likeness (QED) is 0.251. The number of nitrogens with zero attached hydrogens (tertiary/aromatic N) is 1. The van der Waals surface area contributed by atoms with Gasteiger partial charge in [-0.1, -0.05) is 0 Å². The van der Waals surface area contributed by atoms with Crippen molar-refractivity contribution in [1.29, 1.82) is 0 Å². The van der Waals surface area contributed by atoms with E-state index in [1.165, 1.54) is 6.26 Å². The fraction of sp³-hybridized carbons (Fsp3) is 0.615. The molecule has 0 spiro atoms. The van der Waals surface area contributed by atoms with Crippen molar-refractivity contribution in [3.63, 3.8) is 0 Å². The zero-order valence-corrected chi connectivity index (χ0v) is 16.0. The van der Waals surface area contributed by atoms with Crippen molar-refractivity contribution in [2.75, 3.05) is 45.4 Å². The largest absolute Gasteiger partial charge is 0.469 e. The zero-order chi connectivity index (χ0) is 15.6. The maximum Gasteiger partial charge on any atom is 0.191 e. The fourth-order valence-corrected chi connectivity index (χ4v) is 1.95. The lowest BCUT2D eigenvalue weighted by molar-refractivity contribution is 0.154. The van der Waals surface area contributed by atoms with E-state index in [0.717, 1.165) is 12.2 Å². The Labute approximate surface area is 148 Å². The van der Waals surface area contributed by atoms with E-state index >= 15 is 0 Å². The van der Waals surface area contributed by atoms with Gasteiger partial charge < -0.3 is 19.8 Å². The molecular weight excluding hydrogens is 421 g/mol. The number of halogens is 1. The third kappa shape index (κ3) is 10.9. The number of nitrogens with one attached hydrogen (secondary N) is 2. The Morgan fingerprint density at radius 1 is 1.32 bits per heavy atom. The molecule has 1 aromatic heterocycles. The van der Waals surface area contributed by atoms with E-state index in [-0.39, 0.29) is 36.3 Å². The Bertz CT molecular complexity index is 517. The molecule has 0 aliphatic carbocycles. The standard InChI is InChI=1S/C13H23N3O4S.HI/c1-14-13(15-6-5-12-4-3-8-20-12)16-7-9-19-10-11-21(2,17)18;/h3-4,8H,5-7,9-11H2,1-2H3,(H2,14,15,16);1H. The van der Waals surface area contributed by atoms with E-state index in [4.69, 9.17) is 9.15 Å². The average molecular weight is 445 g/mol. The highest BCUT2D eigenvalue weighted by atomic mass is 127. The number of sulfone groups is 1. The molecule has 22 heavy (non-hydrogen) atoms. The van der Waals surface area contributed by atoms with E-state index in [9.17, 15) is 8.42 Å². The molecule has 0 aliphatic heterocycles. The molecule has 1 rings (SSSR count). The lowest BCUT2D eigenvalue weighted by Crippen LogP contribution is -2.39. The second kappa shape index (κ2) is 11.7. The summed E-state index contributed by atoms with van der Waals surface area (Å²) in [5.41, 5.74) is 0. The lowest BCUT2D eigenvalue weighted by Gasteiger charge is -2.11. The summed E-state index contributed by atoms with van der Waals surface area (Å²) in [5, 5.41) is 6.23. The summed E-state index contributed by atoms with van der Waals surface area (Å²) in [6, 6.07) is 3.78. The van der Waals surface area contributed by atoms with Gasteiger partial charge in [0, 0.05) is 32.8 Å². The number of furan rings is 1. The molecule has 0 saturated heterocycles. The van der Waals surface area contributed by atoms with Gasteiger partial charge in [-0.25, -0.2) is 8.42 Å². The molecule has 0 bridgehead atoms. The van der Waals surface area contributed by atoms with Crippen molar-refractivity contribution < 1.29 is 17.6 Å². The summed E-state index contributed by atoms with van der Waals surface area (Å²) < 4.78 is 32.3. The molecule has 0 saturated carbocycles. The predicted molar refractivity (Wildman–Crippen MR) is 97.7 cm³/mol. The summed E-state index contributed by atoms with van der Waals surface area (Å²) >= 11 is 0. The van der Waals surface area contributed by atoms with Crippen molar-refractivity contribution in [2.45, 2.75) is 6.42 Å². The average Bonchev–Trinajstić information content (AvgIpc) is 2.92. The van der Waals surface area contributed by atoms with Gasteiger partial charge in [-0.3, -0.25) is 4.99 Å². The van der Waals surface area contributed by atoms with E-state index in [2.05, 4.69) is 15.6 Å². The first-order chi connectivity index (χ1) is 10.0. The molecule has 0 fully saturated rings. The summed E-state index contributed by atoms with van der Waals surface area (Å²) in [5.74, 6) is 1.64. The molecule has 0 radical (unpaired) electrons. The molecule has 0 aliphatic rings. The van der Waals surface area contributed by atoms with E-state index in [0.29, 0.717) is 25.7 Å². The minimum Gasteiger partial charge on any atom is -0.469 e. The van der Waals surface area contributed by atoms with Gasteiger partial charge in [0.15, 0.2) is 5.96 Å². The summed E-state index contributed by atoms with van der Waals surface area (Å²) in [4.78, 5) is 4.08. The molecule has 2 N–H and O–H groups in total. The first kappa shape index (κ1) is 21.2. The highest BCUT2D eigenvalue weighted by molar-refractivity contribution is 14.0. The molecule has 9 heteroatoms. The first-order valence-electron chi connectivity index (χ1n) is 6.73. The number of hydrogen-bond acceptors (Lipinski definition) is 5. The van der Waals surface area contributed by atoms with Gasteiger partial charge in [-0.2, -0.15) is 0 Å². The molecule has 1 heterocycles. The second-order valence-corrected chi connectivity index (χ2v) is 6.76. The Morgan fingerprint density at radius 2 is 2.05 bits per heavy atom. The number of ether oxygens (including phenoxy) is 1. The monoisotopic (exact) mass is 445 g/mol. The van der Waals surface area contributed by atoms with Crippen LogP contribution in [0.5, 0.6) is 0 Å². The van der Waals surface area contributed by atoms with Crippen molar-refractivity contribution in [2.24, 2.45) is 4.99 Å². The molecule has 128 valence electrons. The van der Waals surface area contributed by atoms with Crippen molar-refractivity contribution in [3.8, 4) is 0 Å². The molecule has 0 unspecified atom stereocenters. The molecule has 0 aromatic carbocycles. The van der Waals surface area contributed by atoms with E-state index in [1.54, 1.807) is 13.3 Å². The number of aliphatic imine (C=N–C) groups is 1. The third-order valence-corrected chi connectivity index (χ3v) is 3.51. The fourth-order valence-electron chi connectivity index (χ4n) is 1.53. The van der Waals surface area contributed by atoms with Gasteiger partial charge in [0.25, 0.3) is 0 Å². The van der Waals surface area contributed by atoms with Crippen molar-refractivity contribution in [3.05, 3.63) is 24.2 Å². The van der Waals surface area contributed by atoms with Crippen LogP contribution in [0.15, 0.2) is 27.8 Å². The van der Waals surface area contributed by atoms with Crippen LogP contribution in [0.25, 0.3) is 0 Å². The topological polar surface area (TPSA) is 92.9 Å². The van der Waals surface area contributed by atoms with Gasteiger partial charge in [0.05, 0.1) is 25.2 Å². The lowest BCUT2D eigenvalue weighted by atomic mass is 10.3. The van der Waals surface area contributed by atoms with Crippen LogP contribution in [0.2, 0.25) is 0 Å². The first-order valence-corrected chi connectivity index (χ1v) is 8.79. The van der Waals surface area contributed by atoms with Crippen LogP contribution in [-0.2, 0) is 21.0 Å². The summed E-state index contributed by atoms with van der Waals surface area (Å²) in [6.07, 6.45) is 3.62. The van der Waals surface area contributed by atoms with Crippen LogP contribution in [0.4, 0.5) is 0 Å². The van der Waals surface area contributed by atoms with Gasteiger partial charge in [-0.15, -0.1) is 24.0 Å². The number of guanidine groups is 1. The van der Waals surface area contributed by atoms with Crippen LogP contribution in [0.3, 0.4) is 0 Å². The van der Waals surface area contributed by atoms with E-state index < -0.39 is 9.84 Å². The zero-order valence-electron chi connectivity index (χ0n) is 12.9. The minimum atomic E-state index is -2.96. The maximum atomic E-state index is 10.9. The van der Waals surface area contributed by atoms with Crippen LogP contribution in [0, 0.1) is 0 Å². The SMILES string of the molecule is CN=C(NCCOCCS(C)(=O)=O)NCCc1ccco1.I. The van der Waals surface area contributed by atoms with Crippen LogP contribution >= 0.6 is 24.0 Å². The minimum absolute atomic E-state index is 0. The van der Waals surface area contributed by atoms with Crippen LogP contribution < -0.4 is 10.6 Å². The van der Waals surface area contributed by atoms with Gasteiger partial charge in [0.1, 0.15) is 15.6 Å². The number of hydrogen-bond donors (Lipinski definition) is 2. The Balaban J connectivity index is 0.00000441. The van der Waals surface area contributed by atoms with Crippen LogP contribution in [-0.4, -0.2) is 59.7 Å². The Hall–Kier alpha value is -0.810. The van der Waals surface area contributed by atoms with Gasteiger partial charge in [0.2, 0.25) is 0 Å². The van der Waals surface area contributed by atoms with Gasteiger partial charge >= 0.3 is 0 Å². The highest BCUT2D eigenvalue weighted by Gasteiger charge is 2.02.